The van der Waals surface area contributed by atoms with Crippen LogP contribution in [0.3, 0.4) is 0 Å². The van der Waals surface area contributed by atoms with E-state index < -0.39 is 0 Å². The number of nitrogens with one attached hydrogen (secondary N) is 2. The smallest absolute Gasteiger partial charge is 0.189 e. The number of pyridine rings is 2. The lowest BCUT2D eigenvalue weighted by atomic mass is 9.79. The third-order valence-corrected chi connectivity index (χ3v) is 5.80. The largest absolute Gasteiger partial charge is 0.380 e. The Morgan fingerprint density at radius 2 is 1.70 bits per heavy atom. The summed E-state index contributed by atoms with van der Waals surface area (Å²) in [6, 6.07) is 16.7. The fourth-order valence-corrected chi connectivity index (χ4v) is 5.04. The maximum absolute atomic E-state index is 5.00. The van der Waals surface area contributed by atoms with Crippen LogP contribution in [0, 0.1) is 0 Å². The number of rotatable bonds is 3. The molecule has 0 atom stereocenters. The second kappa shape index (κ2) is 6.77. The van der Waals surface area contributed by atoms with Crippen LogP contribution in [-0.2, 0) is 0 Å². The van der Waals surface area contributed by atoms with E-state index >= 15 is 0 Å². The number of hydrogen-bond donors (Lipinski definition) is 2. The molecule has 6 nitrogen and oxygen atoms in total. The first kappa shape index (κ1) is 19.0. The minimum Gasteiger partial charge on any atom is -0.380 e. The van der Waals surface area contributed by atoms with Gasteiger partial charge in [0.2, 0.25) is 0 Å². The number of anilines is 1. The van der Waals surface area contributed by atoms with Gasteiger partial charge in [-0.25, -0.2) is 4.98 Å². The van der Waals surface area contributed by atoms with Gasteiger partial charge in [-0.3, -0.25) is 4.40 Å². The molecule has 0 amide bonds. The summed E-state index contributed by atoms with van der Waals surface area (Å²) in [5, 5.41) is 17.5. The van der Waals surface area contributed by atoms with E-state index in [0.29, 0.717) is 6.04 Å². The van der Waals surface area contributed by atoms with Gasteiger partial charge in [-0.05, 0) is 64.8 Å². The lowest BCUT2D eigenvalue weighted by Gasteiger charge is -2.47. The molecule has 6 heteroatoms. The van der Waals surface area contributed by atoms with Gasteiger partial charge in [0.1, 0.15) is 5.69 Å². The first-order valence-corrected chi connectivity index (χ1v) is 10.6. The number of nitrogens with zero attached hydrogens (tertiary/aromatic N) is 4. The molecule has 5 rings (SSSR count). The Hall–Kier alpha value is -2.99. The third kappa shape index (κ3) is 3.52. The Balaban J connectivity index is 1.63. The summed E-state index contributed by atoms with van der Waals surface area (Å²) in [5.41, 5.74) is 3.73. The lowest BCUT2D eigenvalue weighted by Crippen LogP contribution is -2.60. The van der Waals surface area contributed by atoms with Crippen molar-refractivity contribution in [3.8, 4) is 11.5 Å². The fraction of sp³-hybridized carbons (Fsp3) is 0.375. The minimum absolute atomic E-state index is 0.0609. The summed E-state index contributed by atoms with van der Waals surface area (Å²) in [7, 11) is 0. The maximum Gasteiger partial charge on any atom is 0.189 e. The summed E-state index contributed by atoms with van der Waals surface area (Å²) in [5.74, 6) is 0.756. The maximum atomic E-state index is 5.00. The van der Waals surface area contributed by atoms with Crippen LogP contribution in [0.4, 0.5) is 5.69 Å². The molecule has 0 radical (unpaired) electrons. The van der Waals surface area contributed by atoms with Crippen LogP contribution in [0.2, 0.25) is 0 Å². The average molecular weight is 401 g/mol. The molecule has 1 aliphatic heterocycles. The van der Waals surface area contributed by atoms with E-state index in [-0.39, 0.29) is 11.1 Å². The molecule has 1 aromatic carbocycles. The predicted octanol–water partition coefficient (Wildman–Crippen LogP) is 4.67. The summed E-state index contributed by atoms with van der Waals surface area (Å²) >= 11 is 0. The number of fused-ring (bicyclic) bond motifs is 2. The topological polar surface area (TPSA) is 67.1 Å². The molecule has 3 aromatic heterocycles. The Kier molecular flexibility index (Phi) is 4.29. The molecule has 4 aromatic rings. The van der Waals surface area contributed by atoms with Gasteiger partial charge in [-0.15, -0.1) is 10.2 Å². The van der Waals surface area contributed by atoms with Gasteiger partial charge in [-0.1, -0.05) is 24.3 Å². The van der Waals surface area contributed by atoms with Crippen LogP contribution in [0.15, 0.2) is 54.7 Å². The summed E-state index contributed by atoms with van der Waals surface area (Å²) in [6.07, 6.45) is 4.05. The molecule has 0 aliphatic carbocycles. The fourth-order valence-electron chi connectivity index (χ4n) is 5.04. The molecule has 1 aliphatic rings. The highest BCUT2D eigenvalue weighted by molar-refractivity contribution is 5.88. The van der Waals surface area contributed by atoms with Crippen molar-refractivity contribution in [1.82, 2.24) is 24.9 Å². The second-order valence-corrected chi connectivity index (χ2v) is 9.67. The van der Waals surface area contributed by atoms with Gasteiger partial charge in [0.05, 0.1) is 11.2 Å². The molecule has 30 heavy (non-hydrogen) atoms. The van der Waals surface area contributed by atoms with Crippen LogP contribution in [0.1, 0.15) is 40.5 Å². The van der Waals surface area contributed by atoms with E-state index in [0.717, 1.165) is 46.6 Å². The average Bonchev–Trinajstić information content (AvgIpc) is 3.09. The van der Waals surface area contributed by atoms with Gasteiger partial charge < -0.3 is 10.6 Å². The highest BCUT2D eigenvalue weighted by Crippen LogP contribution is 2.34. The molecule has 0 spiro atoms. The zero-order chi connectivity index (χ0) is 20.9. The van der Waals surface area contributed by atoms with Crippen LogP contribution in [0.25, 0.3) is 28.1 Å². The van der Waals surface area contributed by atoms with Crippen LogP contribution >= 0.6 is 0 Å². The molecule has 0 bridgehead atoms. The van der Waals surface area contributed by atoms with E-state index in [4.69, 9.17) is 4.98 Å². The van der Waals surface area contributed by atoms with E-state index in [9.17, 15) is 0 Å². The highest BCUT2D eigenvalue weighted by atomic mass is 15.3. The SMILES string of the molecule is CC1(C)CC(Nc2cc3ccccc3nc2-c2nnc3ccccn23)CC(C)(C)N1. The number of benzene rings is 1. The van der Waals surface area contributed by atoms with Gasteiger partial charge >= 0.3 is 0 Å². The number of hydrogen-bond acceptors (Lipinski definition) is 5. The molecule has 154 valence electrons. The van der Waals surface area contributed by atoms with Crippen LogP contribution in [-0.4, -0.2) is 36.7 Å². The second-order valence-electron chi connectivity index (χ2n) is 9.67. The summed E-state index contributed by atoms with van der Waals surface area (Å²) < 4.78 is 2.00. The first-order valence-electron chi connectivity index (χ1n) is 10.6. The van der Waals surface area contributed by atoms with Crippen LogP contribution in [0.5, 0.6) is 0 Å². The van der Waals surface area contributed by atoms with Gasteiger partial charge in [0.15, 0.2) is 11.5 Å². The summed E-state index contributed by atoms with van der Waals surface area (Å²) in [6.45, 7) is 9.09. The van der Waals surface area contributed by atoms with Crippen molar-refractivity contribution in [3.05, 3.63) is 54.7 Å². The highest BCUT2D eigenvalue weighted by Gasteiger charge is 2.38. The monoisotopic (exact) mass is 400 g/mol. The third-order valence-electron chi connectivity index (χ3n) is 5.80. The Labute approximate surface area is 176 Å². The quantitative estimate of drug-likeness (QED) is 0.523. The number of para-hydroxylation sites is 1. The molecule has 1 saturated heterocycles. The molecular formula is C24H28N6. The van der Waals surface area contributed by atoms with Gasteiger partial charge in [0.25, 0.3) is 0 Å². The lowest BCUT2D eigenvalue weighted by molar-refractivity contribution is 0.170. The van der Waals surface area contributed by atoms with Crippen LogP contribution < -0.4 is 10.6 Å². The predicted molar refractivity (Wildman–Crippen MR) is 122 cm³/mol. The van der Waals surface area contributed by atoms with E-state index in [1.807, 2.05) is 40.9 Å². The van der Waals surface area contributed by atoms with Crippen molar-refractivity contribution in [2.75, 3.05) is 5.32 Å². The molecular weight excluding hydrogens is 372 g/mol. The van der Waals surface area contributed by atoms with Crippen molar-refractivity contribution in [1.29, 1.82) is 0 Å². The van der Waals surface area contributed by atoms with E-state index in [2.05, 4.69) is 66.7 Å². The zero-order valence-electron chi connectivity index (χ0n) is 18.0. The van der Waals surface area contributed by atoms with Crippen molar-refractivity contribution in [2.45, 2.75) is 57.7 Å². The van der Waals surface area contributed by atoms with E-state index in [1.165, 1.54) is 0 Å². The minimum atomic E-state index is 0.0609. The van der Waals surface area contributed by atoms with Crippen molar-refractivity contribution in [3.63, 3.8) is 0 Å². The van der Waals surface area contributed by atoms with Crippen molar-refractivity contribution >= 4 is 22.2 Å². The van der Waals surface area contributed by atoms with Crippen molar-refractivity contribution in [2.24, 2.45) is 0 Å². The van der Waals surface area contributed by atoms with Gasteiger partial charge in [0, 0.05) is 28.7 Å². The zero-order valence-corrected chi connectivity index (χ0v) is 18.0. The molecule has 2 N–H and O–H groups in total. The number of aromatic nitrogens is 4. The Morgan fingerprint density at radius 1 is 0.967 bits per heavy atom. The Morgan fingerprint density at radius 3 is 2.50 bits per heavy atom. The first-order chi connectivity index (χ1) is 14.3. The molecule has 0 unspecified atom stereocenters. The number of piperidine rings is 1. The van der Waals surface area contributed by atoms with E-state index in [1.54, 1.807) is 0 Å². The Bertz CT molecular complexity index is 1210. The summed E-state index contributed by atoms with van der Waals surface area (Å²) in [4.78, 5) is 5.00. The molecule has 1 fully saturated rings. The standard InChI is InChI=1S/C24H28N6/c1-23(2)14-17(15-24(3,4)29-23)25-19-13-16-9-5-6-10-18(16)26-21(19)22-28-27-20-11-7-8-12-30(20)22/h5-13,17,25,29H,14-15H2,1-4H3. The molecule has 0 saturated carbocycles. The normalized spacial score (nSPS) is 18.7. The van der Waals surface area contributed by atoms with Gasteiger partial charge in [-0.2, -0.15) is 0 Å². The van der Waals surface area contributed by atoms with Crippen molar-refractivity contribution < 1.29 is 0 Å². The molecule has 4 heterocycles.